The highest BCUT2D eigenvalue weighted by molar-refractivity contribution is 6.31. The standard InChI is InChI=1S/C15H9ClF3N5/c16-9-3-6-12-11(7-9)21-14-22-13(23-24(12)14)20-10-4-1-8(2-5-10)15(17,18)19/h1-7H,(H2,20,21,22,23). The van der Waals surface area contributed by atoms with E-state index in [0.29, 0.717) is 28.0 Å². The zero-order valence-corrected chi connectivity index (χ0v) is 12.7. The van der Waals surface area contributed by atoms with Crippen molar-refractivity contribution in [1.29, 1.82) is 0 Å². The summed E-state index contributed by atoms with van der Waals surface area (Å²) in [5.74, 6) is 0.802. The van der Waals surface area contributed by atoms with Crippen LogP contribution in [0, 0.1) is 0 Å². The van der Waals surface area contributed by atoms with Crippen molar-refractivity contribution in [1.82, 2.24) is 19.6 Å². The molecule has 0 aliphatic carbocycles. The van der Waals surface area contributed by atoms with E-state index in [9.17, 15) is 13.2 Å². The molecule has 0 unspecified atom stereocenters. The molecule has 0 bridgehead atoms. The van der Waals surface area contributed by atoms with Crippen LogP contribution in [0.25, 0.3) is 16.8 Å². The van der Waals surface area contributed by atoms with E-state index in [2.05, 4.69) is 20.4 Å². The molecule has 2 heterocycles. The average molecular weight is 352 g/mol. The van der Waals surface area contributed by atoms with Crippen LogP contribution in [-0.2, 0) is 6.18 Å². The number of halogens is 4. The first kappa shape index (κ1) is 14.8. The molecule has 122 valence electrons. The number of rotatable bonds is 2. The van der Waals surface area contributed by atoms with Gasteiger partial charge in [-0.2, -0.15) is 18.2 Å². The van der Waals surface area contributed by atoms with Crippen molar-refractivity contribution in [2.75, 3.05) is 5.32 Å². The van der Waals surface area contributed by atoms with E-state index in [1.807, 2.05) is 0 Å². The van der Waals surface area contributed by atoms with E-state index in [4.69, 9.17) is 11.6 Å². The predicted octanol–water partition coefficient (Wildman–Crippen LogP) is 4.63. The number of fused-ring (bicyclic) bond motifs is 3. The Kier molecular flexibility index (Phi) is 3.17. The first-order chi connectivity index (χ1) is 11.4. The molecule has 0 aliphatic heterocycles. The first-order valence-corrected chi connectivity index (χ1v) is 7.26. The lowest BCUT2D eigenvalue weighted by Crippen LogP contribution is -2.04. The number of aromatic nitrogens is 4. The molecule has 0 spiro atoms. The summed E-state index contributed by atoms with van der Waals surface area (Å²) in [6.07, 6.45) is -4.36. The minimum atomic E-state index is -4.36. The molecule has 0 saturated carbocycles. The Morgan fingerprint density at radius 3 is 2.50 bits per heavy atom. The summed E-state index contributed by atoms with van der Waals surface area (Å²) in [6.45, 7) is 0. The lowest BCUT2D eigenvalue weighted by molar-refractivity contribution is -0.137. The highest BCUT2D eigenvalue weighted by Crippen LogP contribution is 2.30. The average Bonchev–Trinajstić information content (AvgIpc) is 3.03. The van der Waals surface area contributed by atoms with E-state index < -0.39 is 11.7 Å². The number of alkyl halides is 3. The van der Waals surface area contributed by atoms with Gasteiger partial charge in [-0.15, -0.1) is 0 Å². The fourth-order valence-electron chi connectivity index (χ4n) is 2.39. The molecule has 5 nitrogen and oxygen atoms in total. The van der Waals surface area contributed by atoms with Crippen LogP contribution in [0.3, 0.4) is 0 Å². The Hall–Kier alpha value is -2.74. The van der Waals surface area contributed by atoms with Gasteiger partial charge in [-0.05, 0) is 42.5 Å². The summed E-state index contributed by atoms with van der Waals surface area (Å²) >= 11 is 5.92. The smallest absolute Gasteiger partial charge is 0.325 e. The Bertz CT molecular complexity index is 1030. The fourth-order valence-corrected chi connectivity index (χ4v) is 2.56. The second-order valence-electron chi connectivity index (χ2n) is 5.15. The summed E-state index contributed by atoms with van der Waals surface area (Å²) in [7, 11) is 0. The van der Waals surface area contributed by atoms with E-state index in [1.54, 1.807) is 22.7 Å². The molecule has 2 aromatic carbocycles. The minimum absolute atomic E-state index is 0.370. The van der Waals surface area contributed by atoms with Gasteiger partial charge in [-0.1, -0.05) is 11.6 Å². The van der Waals surface area contributed by atoms with Crippen LogP contribution in [0.2, 0.25) is 5.02 Å². The van der Waals surface area contributed by atoms with Crippen molar-refractivity contribution in [2.45, 2.75) is 6.18 Å². The van der Waals surface area contributed by atoms with Gasteiger partial charge in [-0.25, -0.2) is 9.50 Å². The molecule has 4 rings (SSSR count). The summed E-state index contributed by atoms with van der Waals surface area (Å²) in [5, 5.41) is 6.49. The van der Waals surface area contributed by atoms with Crippen molar-refractivity contribution in [3.8, 4) is 0 Å². The molecule has 4 aromatic rings. The lowest BCUT2D eigenvalue weighted by atomic mass is 10.2. The third-order valence-corrected chi connectivity index (χ3v) is 3.74. The number of aromatic amines is 1. The number of nitrogens with one attached hydrogen (secondary N) is 2. The lowest BCUT2D eigenvalue weighted by Gasteiger charge is -2.07. The summed E-state index contributed by atoms with van der Waals surface area (Å²) in [4.78, 5) is 8.60. The third-order valence-electron chi connectivity index (χ3n) is 3.50. The fraction of sp³-hybridized carbons (Fsp3) is 0.0667. The highest BCUT2D eigenvalue weighted by Gasteiger charge is 2.29. The molecule has 0 saturated heterocycles. The van der Waals surface area contributed by atoms with Crippen molar-refractivity contribution in [2.24, 2.45) is 0 Å². The van der Waals surface area contributed by atoms with E-state index >= 15 is 0 Å². The van der Waals surface area contributed by atoms with Crippen LogP contribution < -0.4 is 5.32 Å². The second-order valence-corrected chi connectivity index (χ2v) is 5.59. The van der Waals surface area contributed by atoms with Crippen molar-refractivity contribution >= 4 is 40.0 Å². The van der Waals surface area contributed by atoms with Gasteiger partial charge in [0.2, 0.25) is 5.95 Å². The monoisotopic (exact) mass is 351 g/mol. The minimum Gasteiger partial charge on any atom is -0.325 e. The summed E-state index contributed by atoms with van der Waals surface area (Å²) < 4.78 is 39.3. The quantitative estimate of drug-likeness (QED) is 0.553. The van der Waals surface area contributed by atoms with Crippen LogP contribution in [0.15, 0.2) is 42.5 Å². The molecular weight excluding hydrogens is 343 g/mol. The van der Waals surface area contributed by atoms with Gasteiger partial charge in [0.25, 0.3) is 5.78 Å². The number of hydrogen-bond acceptors (Lipinski definition) is 3. The topological polar surface area (TPSA) is 58.0 Å². The predicted molar refractivity (Wildman–Crippen MR) is 84.6 cm³/mol. The number of benzene rings is 2. The van der Waals surface area contributed by atoms with Crippen LogP contribution in [0.4, 0.5) is 24.8 Å². The molecule has 2 N–H and O–H groups in total. The second kappa shape index (κ2) is 5.13. The van der Waals surface area contributed by atoms with Crippen LogP contribution in [-0.4, -0.2) is 19.6 Å². The number of anilines is 2. The maximum absolute atomic E-state index is 12.6. The molecule has 9 heteroatoms. The van der Waals surface area contributed by atoms with Crippen molar-refractivity contribution in [3.63, 3.8) is 0 Å². The van der Waals surface area contributed by atoms with Crippen LogP contribution >= 0.6 is 11.6 Å². The first-order valence-electron chi connectivity index (χ1n) is 6.88. The SMILES string of the molecule is FC(F)(F)c1ccc(Nc2nc3nc4cc(Cl)ccc4n3[nH]2)cc1. The number of H-pyrrole nitrogens is 1. The zero-order valence-electron chi connectivity index (χ0n) is 11.9. The molecule has 24 heavy (non-hydrogen) atoms. The van der Waals surface area contributed by atoms with Gasteiger partial charge < -0.3 is 5.32 Å². The Morgan fingerprint density at radius 1 is 1.04 bits per heavy atom. The number of imidazole rings is 1. The third kappa shape index (κ3) is 2.54. The van der Waals surface area contributed by atoms with Gasteiger partial charge in [0.05, 0.1) is 16.6 Å². The molecule has 0 atom stereocenters. The molecule has 0 fully saturated rings. The van der Waals surface area contributed by atoms with E-state index in [1.165, 1.54) is 12.1 Å². The Labute approximate surface area is 138 Å². The molecule has 0 aliphatic rings. The van der Waals surface area contributed by atoms with Gasteiger partial charge in [0, 0.05) is 10.7 Å². The zero-order chi connectivity index (χ0) is 16.9. The van der Waals surface area contributed by atoms with Gasteiger partial charge >= 0.3 is 6.18 Å². The van der Waals surface area contributed by atoms with Crippen molar-refractivity contribution in [3.05, 3.63) is 53.1 Å². The Balaban J connectivity index is 1.65. The maximum Gasteiger partial charge on any atom is 0.416 e. The maximum atomic E-state index is 12.6. The number of nitrogens with zero attached hydrogens (tertiary/aromatic N) is 3. The van der Waals surface area contributed by atoms with E-state index in [0.717, 1.165) is 17.6 Å². The van der Waals surface area contributed by atoms with Gasteiger partial charge in [0.1, 0.15) is 0 Å². The molecular formula is C15H9ClF3N5. The molecule has 2 aromatic heterocycles. The summed E-state index contributed by atoms with van der Waals surface area (Å²) in [6, 6.07) is 9.96. The highest BCUT2D eigenvalue weighted by atomic mass is 35.5. The Morgan fingerprint density at radius 2 is 1.79 bits per heavy atom. The van der Waals surface area contributed by atoms with Gasteiger partial charge in [0.15, 0.2) is 0 Å². The summed E-state index contributed by atoms with van der Waals surface area (Å²) in [5.41, 5.74) is 1.27. The largest absolute Gasteiger partial charge is 0.416 e. The number of hydrogen-bond donors (Lipinski definition) is 2. The normalized spacial score (nSPS) is 12.2. The van der Waals surface area contributed by atoms with Crippen molar-refractivity contribution < 1.29 is 13.2 Å². The van der Waals surface area contributed by atoms with Crippen LogP contribution in [0.1, 0.15) is 5.56 Å². The van der Waals surface area contributed by atoms with E-state index in [-0.39, 0.29) is 0 Å². The van der Waals surface area contributed by atoms with Gasteiger partial charge in [-0.3, -0.25) is 5.10 Å². The van der Waals surface area contributed by atoms with Crippen LogP contribution in [0.5, 0.6) is 0 Å². The molecule has 0 radical (unpaired) electrons. The molecule has 0 amide bonds.